The molecule has 0 saturated heterocycles. The second-order valence-electron chi connectivity index (χ2n) is 4.75. The van der Waals surface area contributed by atoms with Crippen LogP contribution in [0.5, 0.6) is 0 Å². The van der Waals surface area contributed by atoms with Gasteiger partial charge in [0.2, 0.25) is 0 Å². The quantitative estimate of drug-likeness (QED) is 0.429. The number of aliphatic hydroxyl groups is 1. The number of imidazole rings is 1. The Balaban J connectivity index is 2.07. The number of fused-ring (bicyclic) bond motifs is 1. The number of aliphatic hydroxyl groups excluding tert-OH is 1. The number of H-pyrrole nitrogens is 1. The number of nitrogens with zero attached hydrogens (tertiary/aromatic N) is 2. The van der Waals surface area contributed by atoms with Crippen molar-refractivity contribution in [3.05, 3.63) is 71.7 Å². The van der Waals surface area contributed by atoms with Crippen LogP contribution in [0.15, 0.2) is 60.4 Å². The maximum absolute atomic E-state index is 10.4. The molecule has 4 nitrogen and oxygen atoms in total. The van der Waals surface area contributed by atoms with Crippen molar-refractivity contribution in [2.24, 2.45) is 0 Å². The van der Waals surface area contributed by atoms with Crippen molar-refractivity contribution in [3.8, 4) is 6.07 Å². The molecule has 2 N–H and O–H groups in total. The van der Waals surface area contributed by atoms with Crippen molar-refractivity contribution >= 4 is 28.2 Å². The summed E-state index contributed by atoms with van der Waals surface area (Å²) in [5.74, 6) is 0.0946. The molecular weight excluding hydrogens is 298 g/mol. The number of benzene rings is 2. The van der Waals surface area contributed by atoms with Gasteiger partial charge < -0.3 is 10.1 Å². The number of nitriles is 1. The highest BCUT2D eigenvalue weighted by Gasteiger charge is 2.20. The number of hydrogen-bond donors (Lipinski definition) is 2. The van der Waals surface area contributed by atoms with E-state index in [1.54, 1.807) is 12.1 Å². The van der Waals surface area contributed by atoms with Crippen LogP contribution in [0.2, 0.25) is 0 Å². The molecule has 1 heterocycles. The van der Waals surface area contributed by atoms with Crippen molar-refractivity contribution in [2.45, 2.75) is 5.38 Å². The van der Waals surface area contributed by atoms with Gasteiger partial charge in [-0.3, -0.25) is 0 Å². The molecule has 3 rings (SSSR count). The Hall–Kier alpha value is -2.77. The molecule has 0 spiro atoms. The number of rotatable bonds is 3. The highest BCUT2D eigenvalue weighted by Crippen LogP contribution is 2.31. The van der Waals surface area contributed by atoms with Gasteiger partial charge in [-0.05, 0) is 17.7 Å². The molecule has 0 radical (unpaired) electrons. The predicted molar refractivity (Wildman–Crippen MR) is 86.3 cm³/mol. The first-order valence-corrected chi connectivity index (χ1v) is 7.11. The number of para-hydroxylation sites is 2. The second kappa shape index (κ2) is 5.92. The fraction of sp³-hybridized carbons (Fsp3) is 0.0588. The van der Waals surface area contributed by atoms with Crippen LogP contribution in [-0.2, 0) is 0 Å². The molecular formula is C17H12ClN3O. The zero-order valence-electron chi connectivity index (χ0n) is 11.5. The van der Waals surface area contributed by atoms with Crippen LogP contribution in [0.4, 0.5) is 0 Å². The number of aromatic nitrogens is 2. The van der Waals surface area contributed by atoms with Crippen LogP contribution in [0.3, 0.4) is 0 Å². The third-order valence-corrected chi connectivity index (χ3v) is 3.79. The summed E-state index contributed by atoms with van der Waals surface area (Å²) < 4.78 is 0. The monoisotopic (exact) mass is 309 g/mol. The molecule has 0 aliphatic carbocycles. The molecule has 1 aromatic heterocycles. The van der Waals surface area contributed by atoms with Crippen LogP contribution in [0.1, 0.15) is 16.8 Å². The Morgan fingerprint density at radius 2 is 1.82 bits per heavy atom. The topological polar surface area (TPSA) is 72.7 Å². The lowest BCUT2D eigenvalue weighted by molar-refractivity contribution is 0.397. The van der Waals surface area contributed by atoms with E-state index < -0.39 is 5.38 Å². The van der Waals surface area contributed by atoms with E-state index >= 15 is 0 Å². The summed E-state index contributed by atoms with van der Waals surface area (Å²) in [4.78, 5) is 7.35. The SMILES string of the molecule is N#C/C(=C(/O)[C@H](Cl)c1ccccc1)c1nc2ccccc2[nH]1. The lowest BCUT2D eigenvalue weighted by Gasteiger charge is -2.10. The Bertz CT molecular complexity index is 845. The smallest absolute Gasteiger partial charge is 0.152 e. The number of halogens is 1. The lowest BCUT2D eigenvalue weighted by atomic mass is 10.1. The molecule has 0 amide bonds. The number of nitrogens with one attached hydrogen (secondary N) is 1. The summed E-state index contributed by atoms with van der Waals surface area (Å²) in [7, 11) is 0. The van der Waals surface area contributed by atoms with E-state index in [4.69, 9.17) is 11.6 Å². The summed E-state index contributed by atoms with van der Waals surface area (Å²) in [5.41, 5.74) is 2.28. The van der Waals surface area contributed by atoms with E-state index in [1.807, 2.05) is 48.5 Å². The molecule has 1 atom stereocenters. The first-order chi connectivity index (χ1) is 10.7. The first kappa shape index (κ1) is 14.2. The van der Waals surface area contributed by atoms with Gasteiger partial charge in [0.05, 0.1) is 11.0 Å². The van der Waals surface area contributed by atoms with Crippen LogP contribution in [0.25, 0.3) is 16.6 Å². The number of aromatic amines is 1. The Morgan fingerprint density at radius 1 is 1.14 bits per heavy atom. The molecule has 0 unspecified atom stereocenters. The average Bonchev–Trinajstić information content (AvgIpc) is 2.99. The fourth-order valence-electron chi connectivity index (χ4n) is 2.21. The number of allylic oxidation sites excluding steroid dienone is 2. The molecule has 0 aliphatic heterocycles. The van der Waals surface area contributed by atoms with E-state index in [9.17, 15) is 10.4 Å². The van der Waals surface area contributed by atoms with E-state index in [2.05, 4.69) is 9.97 Å². The molecule has 2 aromatic carbocycles. The minimum atomic E-state index is -0.802. The average molecular weight is 310 g/mol. The maximum Gasteiger partial charge on any atom is 0.152 e. The van der Waals surface area contributed by atoms with E-state index in [-0.39, 0.29) is 11.3 Å². The lowest BCUT2D eigenvalue weighted by Crippen LogP contribution is -1.99. The summed E-state index contributed by atoms with van der Waals surface area (Å²) in [5, 5.41) is 19.0. The molecule has 3 aromatic rings. The zero-order chi connectivity index (χ0) is 15.5. The van der Waals surface area contributed by atoms with Crippen molar-refractivity contribution < 1.29 is 5.11 Å². The fourth-order valence-corrected chi connectivity index (χ4v) is 2.46. The van der Waals surface area contributed by atoms with Gasteiger partial charge in [0, 0.05) is 0 Å². The predicted octanol–water partition coefficient (Wildman–Crippen LogP) is 4.34. The maximum atomic E-state index is 10.4. The van der Waals surface area contributed by atoms with E-state index in [1.165, 1.54) is 0 Å². The van der Waals surface area contributed by atoms with Gasteiger partial charge in [-0.2, -0.15) is 5.26 Å². The minimum Gasteiger partial charge on any atom is -0.509 e. The second-order valence-corrected chi connectivity index (χ2v) is 5.18. The molecule has 0 saturated carbocycles. The first-order valence-electron chi connectivity index (χ1n) is 6.68. The standard InChI is InChI=1S/C17H12ClN3O/c18-15(11-6-2-1-3-7-11)16(22)12(10-19)17-20-13-8-4-5-9-14(13)21-17/h1-9,15,22H,(H,20,21)/b16-12-/t15-/m1/s1. The van der Waals surface area contributed by atoms with Gasteiger partial charge in [-0.1, -0.05) is 42.5 Å². The summed E-state index contributed by atoms with van der Waals surface area (Å²) in [6.45, 7) is 0. The highest BCUT2D eigenvalue weighted by molar-refractivity contribution is 6.23. The van der Waals surface area contributed by atoms with Gasteiger partial charge >= 0.3 is 0 Å². The number of alkyl halides is 1. The van der Waals surface area contributed by atoms with Gasteiger partial charge in [-0.25, -0.2) is 4.98 Å². The molecule has 0 bridgehead atoms. The van der Waals surface area contributed by atoms with Crippen LogP contribution in [-0.4, -0.2) is 15.1 Å². The summed E-state index contributed by atoms with van der Waals surface area (Å²) in [6.07, 6.45) is 0. The van der Waals surface area contributed by atoms with Gasteiger partial charge in [0.1, 0.15) is 22.8 Å². The third kappa shape index (κ3) is 2.54. The normalized spacial score (nSPS) is 13.5. The minimum absolute atomic E-state index is 0.0417. The van der Waals surface area contributed by atoms with E-state index in [0.29, 0.717) is 11.4 Å². The van der Waals surface area contributed by atoms with Crippen LogP contribution >= 0.6 is 11.6 Å². The van der Waals surface area contributed by atoms with E-state index in [0.717, 1.165) is 11.0 Å². The van der Waals surface area contributed by atoms with Gasteiger partial charge in [-0.15, -0.1) is 11.6 Å². The van der Waals surface area contributed by atoms with Crippen molar-refractivity contribution in [1.82, 2.24) is 9.97 Å². The molecule has 22 heavy (non-hydrogen) atoms. The largest absolute Gasteiger partial charge is 0.509 e. The Morgan fingerprint density at radius 3 is 2.50 bits per heavy atom. The molecule has 0 aliphatic rings. The van der Waals surface area contributed by atoms with Gasteiger partial charge in [0.25, 0.3) is 0 Å². The van der Waals surface area contributed by atoms with Crippen molar-refractivity contribution in [2.75, 3.05) is 0 Å². The zero-order valence-corrected chi connectivity index (χ0v) is 12.2. The van der Waals surface area contributed by atoms with Crippen LogP contribution < -0.4 is 0 Å². The molecule has 108 valence electrons. The Labute approximate surface area is 132 Å². The highest BCUT2D eigenvalue weighted by atomic mass is 35.5. The van der Waals surface area contributed by atoms with Crippen LogP contribution in [0, 0.1) is 11.3 Å². The number of hydrogen-bond acceptors (Lipinski definition) is 3. The summed E-state index contributed by atoms with van der Waals surface area (Å²) in [6, 6.07) is 18.5. The van der Waals surface area contributed by atoms with Crippen molar-refractivity contribution in [1.29, 1.82) is 5.26 Å². The Kier molecular flexibility index (Phi) is 3.82. The summed E-state index contributed by atoms with van der Waals surface area (Å²) >= 11 is 6.28. The third-order valence-electron chi connectivity index (χ3n) is 3.33. The molecule has 5 heteroatoms. The van der Waals surface area contributed by atoms with Crippen molar-refractivity contribution in [3.63, 3.8) is 0 Å². The van der Waals surface area contributed by atoms with Gasteiger partial charge in [0.15, 0.2) is 5.82 Å². The molecule has 0 fully saturated rings.